The van der Waals surface area contributed by atoms with E-state index in [-0.39, 0.29) is 42.7 Å². The molecule has 0 saturated carbocycles. The van der Waals surface area contributed by atoms with Crippen LogP contribution in [0.5, 0.6) is 0 Å². The molecule has 0 heterocycles. The quantitative estimate of drug-likeness (QED) is 0.0825. The van der Waals surface area contributed by atoms with Crippen LogP contribution >= 0.6 is 70.5 Å². The maximum atomic E-state index is 4.85. The number of benzene rings is 16. The predicted octanol–water partition coefficient (Wildman–Crippen LogP) is 21.9. The number of halogens is 5. The van der Waals surface area contributed by atoms with E-state index in [0.29, 0.717) is 0 Å². The molecule has 12 heteroatoms. The van der Waals surface area contributed by atoms with Gasteiger partial charge in [-0.15, -0.1) is 0 Å². The van der Waals surface area contributed by atoms with Gasteiger partial charge in [0.2, 0.25) is 0 Å². The molecule has 2 N–H and O–H groups in total. The normalized spacial score (nSPS) is 11.2. The van der Waals surface area contributed by atoms with Gasteiger partial charge in [0.05, 0.1) is 14.1 Å². The van der Waals surface area contributed by atoms with Gasteiger partial charge in [-0.2, -0.15) is 0 Å². The summed E-state index contributed by atoms with van der Waals surface area (Å²) in [6, 6.07) is 111. The van der Waals surface area contributed by atoms with Crippen LogP contribution in [0.3, 0.4) is 0 Å². The van der Waals surface area contributed by atoms with Crippen LogP contribution in [-0.2, 0) is 30.3 Å². The van der Waals surface area contributed by atoms with Gasteiger partial charge in [0.1, 0.15) is 0 Å². The van der Waals surface area contributed by atoms with Gasteiger partial charge in [-0.1, -0.05) is 291 Å². The molecular weight excluding hydrogens is 1790 g/mol. The van der Waals surface area contributed by atoms with Crippen LogP contribution in [-0.4, -0.2) is 14.1 Å². The number of fused-ring (bicyclic) bond motifs is 4. The summed E-state index contributed by atoms with van der Waals surface area (Å²) in [5.41, 5.74) is 27.2. The minimum absolute atomic E-state index is 0. The van der Waals surface area contributed by atoms with Crippen molar-refractivity contribution < 1.29 is 48.0 Å². The van der Waals surface area contributed by atoms with E-state index in [4.69, 9.17) is 38.8 Å². The Bertz CT molecular complexity index is 5170. The van der Waals surface area contributed by atoms with Crippen LogP contribution in [0.25, 0.3) is 65.3 Å². The SMILES string of the molecule is C[NH2+]C.Cc1cccc(C)c1P(c1ccc2ccccc2c1-c1c(P(c2c(C)cccc2C)c2c(C)cccc2C)ccc2ccccc12)c1c(C)cccc1C.Cc1cccc(C)c1P(c1ccc2ccccc2c1-c1c(P(c2c(C)cccc2C)c2c(C)cccc2C)ccc2ccccc12)c1c(C)cccc1C.[Cl-].[Cl][Ru][Cl].[Cl][Ru][Cl]. The summed E-state index contributed by atoms with van der Waals surface area (Å²) in [7, 11) is 19.6. The predicted molar refractivity (Wildman–Crippen MR) is 522 cm³/mol. The average Bonchev–Trinajstić information content (AvgIpc) is 0.731. The second-order valence-electron chi connectivity index (χ2n) is 30.7. The number of hydrogen-bond donors (Lipinski definition) is 1. The van der Waals surface area contributed by atoms with E-state index in [9.17, 15) is 0 Å². The van der Waals surface area contributed by atoms with Crippen molar-refractivity contribution in [2.75, 3.05) is 14.1 Å². The molecule has 0 saturated heterocycles. The number of nitrogens with two attached hydrogens (primary N) is 1. The zero-order chi connectivity index (χ0) is 83.5. The Balaban J connectivity index is 0.000000209. The summed E-state index contributed by atoms with van der Waals surface area (Å²) in [6.45, 7) is 37.1. The number of quaternary nitrogens is 1. The van der Waals surface area contributed by atoms with Gasteiger partial charge in [0, 0.05) is 0 Å². The molecule has 0 bridgehead atoms. The second-order valence-corrected chi connectivity index (χ2v) is 44.1. The second kappa shape index (κ2) is 42.1. The first kappa shape index (κ1) is 91.7. The standard InChI is InChI=1S/2C52H48P2.C2H7N.5ClH.2Ru/c2*1-33-17-13-18-34(2)49(33)53(50-35(3)19-14-20-36(50)4)45-31-29-41-25-9-11-27-43(41)47(45)48-44-28-12-10-26-42(44)30-32-46(48)54(51-37(5)21-15-22-38(51)6)52-39(7)23-16-24-40(52)8;1-3-2;;;;;;;/h2*9-32H,1-8H3;3H,1-2H3;5*1H;;/q;;;;;;;;2*+2/p-4. The van der Waals surface area contributed by atoms with Gasteiger partial charge in [-0.3, -0.25) is 0 Å². The van der Waals surface area contributed by atoms with Gasteiger partial charge < -0.3 is 17.7 Å². The molecule has 0 radical (unpaired) electrons. The molecule has 0 aromatic heterocycles. The van der Waals surface area contributed by atoms with Crippen LogP contribution in [0.4, 0.5) is 0 Å². The molecule has 0 atom stereocenters. The molecule has 16 aromatic rings. The fourth-order valence-electron chi connectivity index (χ4n) is 17.5. The molecule has 0 amide bonds. The van der Waals surface area contributed by atoms with Crippen molar-refractivity contribution in [3.8, 4) is 22.3 Å². The summed E-state index contributed by atoms with van der Waals surface area (Å²) in [5.74, 6) is 0. The Morgan fingerprint density at radius 2 is 0.305 bits per heavy atom. The first-order valence-electron chi connectivity index (χ1n) is 39.8. The van der Waals surface area contributed by atoms with E-state index in [1.807, 2.05) is 19.4 Å². The topological polar surface area (TPSA) is 16.6 Å². The fourth-order valence-corrected chi connectivity index (χ4v) is 29.9. The zero-order valence-electron chi connectivity index (χ0n) is 70.7. The van der Waals surface area contributed by atoms with Crippen LogP contribution < -0.4 is 81.4 Å². The number of hydrogen-bond acceptors (Lipinski definition) is 0. The maximum absolute atomic E-state index is 4.85. The summed E-state index contributed by atoms with van der Waals surface area (Å²) >= 11 is -0.691. The van der Waals surface area contributed by atoms with E-state index in [0.717, 1.165) is 0 Å². The van der Waals surface area contributed by atoms with E-state index >= 15 is 0 Å². The molecule has 604 valence electrons. The van der Waals surface area contributed by atoms with Crippen molar-refractivity contribution in [1.29, 1.82) is 0 Å². The summed E-state index contributed by atoms with van der Waals surface area (Å²) in [6.07, 6.45) is 0. The molecule has 0 aliphatic rings. The Labute approximate surface area is 745 Å². The summed E-state index contributed by atoms with van der Waals surface area (Å²) < 4.78 is 0. The molecule has 0 unspecified atom stereocenters. The van der Waals surface area contributed by atoms with E-state index in [1.54, 1.807) is 0 Å². The Hall–Kier alpha value is -7.06. The van der Waals surface area contributed by atoms with E-state index in [1.165, 1.54) is 218 Å². The molecule has 0 fully saturated rings. The van der Waals surface area contributed by atoms with E-state index < -0.39 is 31.7 Å². The van der Waals surface area contributed by atoms with Crippen molar-refractivity contribution in [2.45, 2.75) is 111 Å². The van der Waals surface area contributed by atoms with Crippen LogP contribution in [0, 0.1) is 111 Å². The van der Waals surface area contributed by atoms with Gasteiger partial charge in [0.25, 0.3) is 0 Å². The van der Waals surface area contributed by atoms with Crippen LogP contribution in [0.15, 0.2) is 291 Å². The van der Waals surface area contributed by atoms with Crippen molar-refractivity contribution in [3.63, 3.8) is 0 Å². The van der Waals surface area contributed by atoms with Crippen molar-refractivity contribution in [2.24, 2.45) is 0 Å². The third-order valence-electron chi connectivity index (χ3n) is 22.4. The van der Waals surface area contributed by atoms with Crippen molar-refractivity contribution in [1.82, 2.24) is 0 Å². The molecule has 1 nitrogen and oxygen atoms in total. The molecule has 0 aliphatic heterocycles. The summed E-state index contributed by atoms with van der Waals surface area (Å²) in [4.78, 5) is 0. The number of rotatable bonds is 14. The molecule has 16 aromatic carbocycles. The van der Waals surface area contributed by atoms with Crippen molar-refractivity contribution in [3.05, 3.63) is 380 Å². The Kier molecular flexibility index (Phi) is 32.7. The fraction of sp³-hybridized carbons (Fsp3) is 0.170. The molecule has 118 heavy (non-hydrogen) atoms. The van der Waals surface area contributed by atoms with Crippen LogP contribution in [0.2, 0.25) is 0 Å². The molecular formula is C106H104Cl5NP4Ru2. The molecule has 0 aliphatic carbocycles. The molecule has 16 rings (SSSR count). The molecule has 0 spiro atoms. The minimum atomic E-state index is -0.960. The van der Waals surface area contributed by atoms with Gasteiger partial charge >= 0.3 is 69.1 Å². The van der Waals surface area contributed by atoms with E-state index in [2.05, 4.69) is 402 Å². The third kappa shape index (κ3) is 19.2. The monoisotopic (exact) mass is 1890 g/mol. The van der Waals surface area contributed by atoms with Gasteiger partial charge in [-0.05, 0) is 360 Å². The van der Waals surface area contributed by atoms with Crippen molar-refractivity contribution >= 4 is 177 Å². The first-order chi connectivity index (χ1) is 56.5. The average molecular weight is 1900 g/mol. The zero-order valence-corrected chi connectivity index (χ0v) is 81.5. The first-order valence-corrected chi connectivity index (χ1v) is 54.1. The van der Waals surface area contributed by atoms with Gasteiger partial charge in [-0.25, -0.2) is 0 Å². The Morgan fingerprint density at radius 1 is 0.186 bits per heavy atom. The van der Waals surface area contributed by atoms with Crippen LogP contribution in [0.1, 0.15) is 89.0 Å². The third-order valence-corrected chi connectivity index (χ3v) is 35.0. The number of aryl methyl sites for hydroxylation is 16. The van der Waals surface area contributed by atoms with Gasteiger partial charge in [0.15, 0.2) is 0 Å². The Morgan fingerprint density at radius 3 is 0.432 bits per heavy atom. The summed E-state index contributed by atoms with van der Waals surface area (Å²) in [5, 5.41) is 29.8.